The molecule has 0 atom stereocenters. The van der Waals surface area contributed by atoms with E-state index in [0.29, 0.717) is 12.1 Å². The summed E-state index contributed by atoms with van der Waals surface area (Å²) in [6.07, 6.45) is 4.23. The molecule has 0 aromatic heterocycles. The van der Waals surface area contributed by atoms with Crippen LogP contribution in [-0.2, 0) is 22.6 Å². The van der Waals surface area contributed by atoms with Crippen molar-refractivity contribution in [3.63, 3.8) is 0 Å². The summed E-state index contributed by atoms with van der Waals surface area (Å²) in [6.45, 7) is 0.338. The summed E-state index contributed by atoms with van der Waals surface area (Å²) in [5, 5.41) is 14.8. The van der Waals surface area contributed by atoms with Crippen LogP contribution in [0.4, 0.5) is 5.69 Å². The van der Waals surface area contributed by atoms with Gasteiger partial charge in [0.2, 0.25) is 11.8 Å². The minimum Gasteiger partial charge on any atom is -0.478 e. The number of hydrogen-bond donors (Lipinski definition) is 3. The first-order valence-corrected chi connectivity index (χ1v) is 9.50. The Kier molecular flexibility index (Phi) is 6.42. The molecule has 1 saturated carbocycles. The fraction of sp³-hybridized carbons (Fsp3) is 0.318. The van der Waals surface area contributed by atoms with Crippen molar-refractivity contribution in [3.05, 3.63) is 65.2 Å². The van der Waals surface area contributed by atoms with Crippen LogP contribution in [-0.4, -0.2) is 22.9 Å². The molecule has 2 amide bonds. The largest absolute Gasteiger partial charge is 0.478 e. The molecule has 6 heteroatoms. The van der Waals surface area contributed by atoms with Crippen molar-refractivity contribution in [2.45, 2.75) is 38.6 Å². The zero-order valence-electron chi connectivity index (χ0n) is 15.6. The lowest BCUT2D eigenvalue weighted by molar-refractivity contribution is -0.121. The molecule has 3 rings (SSSR count). The molecule has 1 aliphatic carbocycles. The summed E-state index contributed by atoms with van der Waals surface area (Å²) < 4.78 is 0. The van der Waals surface area contributed by atoms with Crippen LogP contribution in [0.15, 0.2) is 48.5 Å². The van der Waals surface area contributed by atoms with Crippen LogP contribution in [0.5, 0.6) is 0 Å². The van der Waals surface area contributed by atoms with Crippen molar-refractivity contribution in [1.82, 2.24) is 5.32 Å². The summed E-state index contributed by atoms with van der Waals surface area (Å²) in [4.78, 5) is 35.4. The molecule has 3 N–H and O–H groups in total. The number of rotatable bonds is 7. The van der Waals surface area contributed by atoms with E-state index in [9.17, 15) is 14.4 Å². The quantitative estimate of drug-likeness (QED) is 0.686. The average molecular weight is 380 g/mol. The average Bonchev–Trinajstić information content (AvgIpc) is 3.22. The Balaban J connectivity index is 1.52. The Bertz CT molecular complexity index is 872. The van der Waals surface area contributed by atoms with Crippen molar-refractivity contribution in [1.29, 1.82) is 0 Å². The van der Waals surface area contributed by atoms with Crippen molar-refractivity contribution in [3.8, 4) is 0 Å². The number of hydrogen-bond acceptors (Lipinski definition) is 3. The van der Waals surface area contributed by atoms with E-state index in [1.807, 2.05) is 24.3 Å². The number of anilines is 1. The fourth-order valence-corrected chi connectivity index (χ4v) is 3.45. The number of carboxylic acid groups (broad SMARTS) is 1. The van der Waals surface area contributed by atoms with Gasteiger partial charge < -0.3 is 15.7 Å². The first-order valence-electron chi connectivity index (χ1n) is 9.50. The van der Waals surface area contributed by atoms with E-state index >= 15 is 0 Å². The second kappa shape index (κ2) is 9.17. The topological polar surface area (TPSA) is 95.5 Å². The molecule has 0 aliphatic heterocycles. The number of benzene rings is 2. The van der Waals surface area contributed by atoms with Gasteiger partial charge in [0, 0.05) is 18.2 Å². The van der Waals surface area contributed by atoms with Gasteiger partial charge >= 0.3 is 5.97 Å². The van der Waals surface area contributed by atoms with Crippen molar-refractivity contribution < 1.29 is 19.5 Å². The van der Waals surface area contributed by atoms with Crippen molar-refractivity contribution in [2.75, 3.05) is 5.32 Å². The molecule has 1 aliphatic rings. The Hall–Kier alpha value is -3.15. The SMILES string of the molecule is O=C(Cc1cccc(C(=O)O)c1)NCc1cccc(NC(=O)C2CCCC2)c1. The lowest BCUT2D eigenvalue weighted by Gasteiger charge is -2.12. The first-order chi connectivity index (χ1) is 13.5. The monoisotopic (exact) mass is 380 g/mol. The molecule has 0 heterocycles. The minimum absolute atomic E-state index is 0.0667. The van der Waals surface area contributed by atoms with Gasteiger partial charge in [-0.3, -0.25) is 9.59 Å². The summed E-state index contributed by atoms with van der Waals surface area (Å²) in [5.74, 6) is -1.04. The zero-order valence-corrected chi connectivity index (χ0v) is 15.6. The van der Waals surface area contributed by atoms with Gasteiger partial charge in [0.25, 0.3) is 0 Å². The maximum absolute atomic E-state index is 12.2. The molecule has 28 heavy (non-hydrogen) atoms. The minimum atomic E-state index is -1.02. The molecule has 0 bridgehead atoms. The molecule has 2 aromatic rings. The fourth-order valence-electron chi connectivity index (χ4n) is 3.45. The van der Waals surface area contributed by atoms with Gasteiger partial charge in [0.1, 0.15) is 0 Å². The maximum atomic E-state index is 12.2. The Morgan fingerprint density at radius 3 is 2.43 bits per heavy atom. The number of aromatic carboxylic acids is 1. The molecule has 0 radical (unpaired) electrons. The van der Waals surface area contributed by atoms with Crippen LogP contribution < -0.4 is 10.6 Å². The van der Waals surface area contributed by atoms with E-state index < -0.39 is 5.97 Å². The number of carbonyl (C=O) groups is 3. The Morgan fingerprint density at radius 1 is 0.964 bits per heavy atom. The number of carboxylic acids is 1. The van der Waals surface area contributed by atoms with E-state index in [1.54, 1.807) is 12.1 Å². The molecule has 1 fully saturated rings. The Morgan fingerprint density at radius 2 is 1.68 bits per heavy atom. The second-order valence-corrected chi connectivity index (χ2v) is 7.13. The molecule has 146 valence electrons. The number of amides is 2. The maximum Gasteiger partial charge on any atom is 0.335 e. The third-order valence-electron chi connectivity index (χ3n) is 4.95. The van der Waals surface area contributed by atoms with Gasteiger partial charge in [-0.1, -0.05) is 37.1 Å². The molecule has 0 saturated heterocycles. The number of carbonyl (C=O) groups excluding carboxylic acids is 2. The van der Waals surface area contributed by atoms with Crippen molar-refractivity contribution >= 4 is 23.5 Å². The lowest BCUT2D eigenvalue weighted by atomic mass is 10.1. The van der Waals surface area contributed by atoms with E-state index in [0.717, 1.165) is 36.9 Å². The Labute approximate surface area is 164 Å². The third kappa shape index (κ3) is 5.42. The third-order valence-corrected chi connectivity index (χ3v) is 4.95. The van der Waals surface area contributed by atoms with Gasteiger partial charge in [-0.25, -0.2) is 4.79 Å². The van der Waals surface area contributed by atoms with Gasteiger partial charge in [-0.15, -0.1) is 0 Å². The zero-order chi connectivity index (χ0) is 19.9. The normalized spacial score (nSPS) is 13.9. The molecule has 2 aromatic carbocycles. The first kappa shape index (κ1) is 19.6. The smallest absolute Gasteiger partial charge is 0.335 e. The van der Waals surface area contributed by atoms with Crippen LogP contribution in [0.25, 0.3) is 0 Å². The van der Waals surface area contributed by atoms with Crippen LogP contribution >= 0.6 is 0 Å². The standard InChI is InChI=1S/C22H24N2O4/c25-20(13-15-5-3-9-18(11-15)22(27)28)23-14-16-6-4-10-19(12-16)24-21(26)17-7-1-2-8-17/h3-6,9-12,17H,1-2,7-8,13-14H2,(H,23,25)(H,24,26)(H,27,28). The van der Waals surface area contributed by atoms with E-state index in [-0.39, 0.29) is 29.7 Å². The summed E-state index contributed by atoms with van der Waals surface area (Å²) in [7, 11) is 0. The molecular formula is C22H24N2O4. The molecule has 0 spiro atoms. The molecule has 6 nitrogen and oxygen atoms in total. The summed E-state index contributed by atoms with van der Waals surface area (Å²) in [5.41, 5.74) is 2.43. The second-order valence-electron chi connectivity index (χ2n) is 7.13. The molecular weight excluding hydrogens is 356 g/mol. The highest BCUT2D eigenvalue weighted by atomic mass is 16.4. The highest BCUT2D eigenvalue weighted by Crippen LogP contribution is 2.26. The van der Waals surface area contributed by atoms with Crippen LogP contribution in [0.2, 0.25) is 0 Å². The van der Waals surface area contributed by atoms with E-state index in [4.69, 9.17) is 5.11 Å². The highest BCUT2D eigenvalue weighted by Gasteiger charge is 2.22. The van der Waals surface area contributed by atoms with Crippen LogP contribution in [0.3, 0.4) is 0 Å². The summed E-state index contributed by atoms with van der Waals surface area (Å²) >= 11 is 0. The van der Waals surface area contributed by atoms with Gasteiger partial charge in [-0.05, 0) is 48.2 Å². The highest BCUT2D eigenvalue weighted by molar-refractivity contribution is 5.92. The van der Waals surface area contributed by atoms with E-state index in [2.05, 4.69) is 10.6 Å². The van der Waals surface area contributed by atoms with Crippen LogP contribution in [0.1, 0.15) is 47.2 Å². The van der Waals surface area contributed by atoms with Gasteiger partial charge in [0.15, 0.2) is 0 Å². The van der Waals surface area contributed by atoms with Gasteiger partial charge in [-0.2, -0.15) is 0 Å². The van der Waals surface area contributed by atoms with Crippen LogP contribution in [0, 0.1) is 5.92 Å². The molecule has 0 unspecified atom stereocenters. The van der Waals surface area contributed by atoms with Gasteiger partial charge in [0.05, 0.1) is 12.0 Å². The van der Waals surface area contributed by atoms with E-state index in [1.165, 1.54) is 12.1 Å². The summed E-state index contributed by atoms with van der Waals surface area (Å²) in [6, 6.07) is 13.8. The predicted molar refractivity (Wildman–Crippen MR) is 106 cm³/mol. The van der Waals surface area contributed by atoms with Crippen molar-refractivity contribution in [2.24, 2.45) is 5.92 Å². The number of nitrogens with one attached hydrogen (secondary N) is 2. The predicted octanol–water partition coefficient (Wildman–Crippen LogP) is 3.37. The lowest BCUT2D eigenvalue weighted by Crippen LogP contribution is -2.25.